The lowest BCUT2D eigenvalue weighted by Crippen LogP contribution is -2.24. The van der Waals surface area contributed by atoms with Crippen LogP contribution in [0.4, 0.5) is 0 Å². The molecule has 5 nitrogen and oxygen atoms in total. The van der Waals surface area contributed by atoms with Crippen LogP contribution in [-0.2, 0) is 4.74 Å². The van der Waals surface area contributed by atoms with E-state index in [4.69, 9.17) is 14.7 Å². The van der Waals surface area contributed by atoms with Gasteiger partial charge in [0, 0.05) is 19.2 Å². The molecule has 5 heteroatoms. The monoisotopic (exact) mass is 250 g/mol. The van der Waals surface area contributed by atoms with Crippen molar-refractivity contribution < 1.29 is 14.6 Å². The number of benzene rings is 1. The molecular weight excluding hydrogens is 232 g/mol. The van der Waals surface area contributed by atoms with Crippen LogP contribution in [0.3, 0.4) is 0 Å². The Morgan fingerprint density at radius 2 is 2.28 bits per heavy atom. The topological polar surface area (TPSA) is 74.5 Å². The Morgan fingerprint density at radius 3 is 2.89 bits per heavy atom. The van der Waals surface area contributed by atoms with Gasteiger partial charge in [0.15, 0.2) is 11.5 Å². The summed E-state index contributed by atoms with van der Waals surface area (Å²) in [6.07, 6.45) is 0. The second-order valence-electron chi connectivity index (χ2n) is 3.64. The average Bonchev–Trinajstić information content (AvgIpc) is 2.38. The van der Waals surface area contributed by atoms with E-state index in [9.17, 15) is 5.11 Å². The van der Waals surface area contributed by atoms with Crippen LogP contribution < -0.4 is 10.1 Å². The van der Waals surface area contributed by atoms with Crippen molar-refractivity contribution >= 4 is 0 Å². The zero-order valence-electron chi connectivity index (χ0n) is 10.6. The third kappa shape index (κ3) is 3.62. The van der Waals surface area contributed by atoms with Crippen LogP contribution in [0.15, 0.2) is 18.2 Å². The maximum atomic E-state index is 10.0. The van der Waals surface area contributed by atoms with E-state index < -0.39 is 6.04 Å². The average molecular weight is 250 g/mol. The number of methoxy groups -OCH3 is 1. The minimum absolute atomic E-state index is 0.0100. The highest BCUT2D eigenvalue weighted by Crippen LogP contribution is 2.33. The van der Waals surface area contributed by atoms with E-state index in [-0.39, 0.29) is 5.75 Å². The van der Waals surface area contributed by atoms with E-state index in [0.29, 0.717) is 31.1 Å². The third-order valence-corrected chi connectivity index (χ3v) is 2.42. The standard InChI is InChI=1S/C13H18N2O3/c1-3-18-12-6-4-5-10(13(12)16)11(9-14)15-7-8-17-2/h4-6,11,15-16H,3,7-8H2,1-2H3. The number of hydrogen-bond acceptors (Lipinski definition) is 5. The molecule has 0 aliphatic carbocycles. The quantitative estimate of drug-likeness (QED) is 0.719. The minimum Gasteiger partial charge on any atom is -0.504 e. The number of rotatable bonds is 7. The van der Waals surface area contributed by atoms with Gasteiger partial charge in [-0.15, -0.1) is 0 Å². The molecule has 0 aromatic heterocycles. The maximum Gasteiger partial charge on any atom is 0.163 e. The fourth-order valence-electron chi connectivity index (χ4n) is 1.57. The smallest absolute Gasteiger partial charge is 0.163 e. The van der Waals surface area contributed by atoms with Crippen molar-refractivity contribution in [3.8, 4) is 17.6 Å². The Morgan fingerprint density at radius 1 is 1.50 bits per heavy atom. The Labute approximate surface area is 107 Å². The zero-order valence-corrected chi connectivity index (χ0v) is 10.6. The van der Waals surface area contributed by atoms with Crippen molar-refractivity contribution in [3.05, 3.63) is 23.8 Å². The second kappa shape index (κ2) is 7.54. The van der Waals surface area contributed by atoms with E-state index in [1.54, 1.807) is 25.3 Å². The molecule has 1 rings (SSSR count). The molecule has 0 aliphatic heterocycles. The summed E-state index contributed by atoms with van der Waals surface area (Å²) in [6, 6.07) is 6.65. The normalized spacial score (nSPS) is 11.8. The van der Waals surface area contributed by atoms with Gasteiger partial charge in [0.05, 0.1) is 19.3 Å². The predicted octanol–water partition coefficient (Wildman–Crippen LogP) is 1.59. The van der Waals surface area contributed by atoms with E-state index in [2.05, 4.69) is 11.4 Å². The molecule has 0 heterocycles. The Hall–Kier alpha value is -1.77. The predicted molar refractivity (Wildman–Crippen MR) is 67.5 cm³/mol. The molecule has 98 valence electrons. The Bertz CT molecular complexity index is 415. The first-order chi connectivity index (χ1) is 8.74. The van der Waals surface area contributed by atoms with Gasteiger partial charge in [-0.1, -0.05) is 12.1 Å². The van der Waals surface area contributed by atoms with E-state index in [1.165, 1.54) is 0 Å². The molecule has 0 fully saturated rings. The van der Waals surface area contributed by atoms with E-state index in [1.807, 2.05) is 6.92 Å². The van der Waals surface area contributed by atoms with Gasteiger partial charge in [0.25, 0.3) is 0 Å². The zero-order chi connectivity index (χ0) is 13.4. The highest BCUT2D eigenvalue weighted by atomic mass is 16.5. The van der Waals surface area contributed by atoms with Crippen molar-refractivity contribution in [3.63, 3.8) is 0 Å². The molecule has 0 radical (unpaired) electrons. The molecule has 2 N–H and O–H groups in total. The molecule has 0 saturated heterocycles. The largest absolute Gasteiger partial charge is 0.504 e. The number of phenolic OH excluding ortho intramolecular Hbond substituents is 1. The summed E-state index contributed by atoms with van der Waals surface area (Å²) < 4.78 is 10.2. The molecule has 1 unspecified atom stereocenters. The maximum absolute atomic E-state index is 10.0. The van der Waals surface area contributed by atoms with E-state index in [0.717, 1.165) is 0 Å². The molecule has 18 heavy (non-hydrogen) atoms. The lowest BCUT2D eigenvalue weighted by atomic mass is 10.1. The number of aromatic hydroxyl groups is 1. The summed E-state index contributed by atoms with van der Waals surface area (Å²) in [4.78, 5) is 0. The molecule has 0 spiro atoms. The SMILES string of the molecule is CCOc1cccc(C(C#N)NCCOC)c1O. The molecule has 1 aromatic carbocycles. The summed E-state index contributed by atoms with van der Waals surface area (Å²) in [5.41, 5.74) is 0.513. The summed E-state index contributed by atoms with van der Waals surface area (Å²) in [5, 5.41) is 22.1. The lowest BCUT2D eigenvalue weighted by molar-refractivity contribution is 0.197. The highest BCUT2D eigenvalue weighted by molar-refractivity contribution is 5.48. The first-order valence-corrected chi connectivity index (χ1v) is 5.81. The summed E-state index contributed by atoms with van der Waals surface area (Å²) in [5.74, 6) is 0.402. The lowest BCUT2D eigenvalue weighted by Gasteiger charge is -2.15. The van der Waals surface area contributed by atoms with Gasteiger partial charge in [-0.25, -0.2) is 0 Å². The fourth-order valence-corrected chi connectivity index (χ4v) is 1.57. The summed E-state index contributed by atoms with van der Waals surface area (Å²) >= 11 is 0. The van der Waals surface area contributed by atoms with Crippen molar-refractivity contribution in [1.29, 1.82) is 5.26 Å². The molecule has 1 aromatic rings. The number of nitrogens with zero attached hydrogens (tertiary/aromatic N) is 1. The molecule has 1 atom stereocenters. The molecule has 0 amide bonds. The van der Waals surface area contributed by atoms with Crippen LogP contribution in [0.5, 0.6) is 11.5 Å². The number of ether oxygens (including phenoxy) is 2. The van der Waals surface area contributed by atoms with Gasteiger partial charge in [-0.3, -0.25) is 5.32 Å². The first kappa shape index (κ1) is 14.3. The van der Waals surface area contributed by atoms with Gasteiger partial charge in [0.1, 0.15) is 6.04 Å². The number of phenols is 1. The van der Waals surface area contributed by atoms with Crippen molar-refractivity contribution in [2.75, 3.05) is 26.9 Å². The van der Waals surface area contributed by atoms with Gasteiger partial charge in [-0.2, -0.15) is 5.26 Å². The molecular formula is C13H18N2O3. The number of para-hydroxylation sites is 1. The first-order valence-electron chi connectivity index (χ1n) is 5.81. The van der Waals surface area contributed by atoms with Crippen molar-refractivity contribution in [2.24, 2.45) is 0 Å². The van der Waals surface area contributed by atoms with Gasteiger partial charge in [0.2, 0.25) is 0 Å². The molecule has 0 saturated carbocycles. The van der Waals surface area contributed by atoms with Crippen LogP contribution in [0, 0.1) is 11.3 Å². The Balaban J connectivity index is 2.85. The Kier molecular flexibility index (Phi) is 5.98. The highest BCUT2D eigenvalue weighted by Gasteiger charge is 2.16. The van der Waals surface area contributed by atoms with Crippen molar-refractivity contribution in [2.45, 2.75) is 13.0 Å². The van der Waals surface area contributed by atoms with Crippen LogP contribution in [0.25, 0.3) is 0 Å². The van der Waals surface area contributed by atoms with Crippen LogP contribution >= 0.6 is 0 Å². The van der Waals surface area contributed by atoms with Crippen LogP contribution in [0.1, 0.15) is 18.5 Å². The summed E-state index contributed by atoms with van der Waals surface area (Å²) in [6.45, 7) is 3.34. The second-order valence-corrected chi connectivity index (χ2v) is 3.64. The van der Waals surface area contributed by atoms with Crippen molar-refractivity contribution in [1.82, 2.24) is 5.32 Å². The van der Waals surface area contributed by atoms with Gasteiger partial charge in [-0.05, 0) is 13.0 Å². The molecule has 0 bridgehead atoms. The number of nitrogens with one attached hydrogen (secondary N) is 1. The summed E-state index contributed by atoms with van der Waals surface area (Å²) in [7, 11) is 1.59. The fraction of sp³-hybridized carbons (Fsp3) is 0.462. The van der Waals surface area contributed by atoms with Crippen LogP contribution in [0.2, 0.25) is 0 Å². The third-order valence-electron chi connectivity index (χ3n) is 2.42. The minimum atomic E-state index is -0.583. The van der Waals surface area contributed by atoms with Gasteiger partial charge < -0.3 is 14.6 Å². The van der Waals surface area contributed by atoms with Crippen LogP contribution in [-0.4, -0.2) is 32.0 Å². The number of nitriles is 1. The number of hydrogen-bond donors (Lipinski definition) is 2. The van der Waals surface area contributed by atoms with E-state index >= 15 is 0 Å². The molecule has 0 aliphatic rings. The van der Waals surface area contributed by atoms with Gasteiger partial charge >= 0.3 is 0 Å².